The molecule has 17 heavy (non-hydrogen) atoms. The highest BCUT2D eigenvalue weighted by Crippen LogP contribution is 2.18. The number of ether oxygens (including phenoxy) is 1. The quantitative estimate of drug-likeness (QED) is 0.726. The molecule has 0 radical (unpaired) electrons. The lowest BCUT2D eigenvalue weighted by molar-refractivity contribution is -0.129. The summed E-state index contributed by atoms with van der Waals surface area (Å²) < 4.78 is 5.37. The Morgan fingerprint density at radius 1 is 1.47 bits per heavy atom. The van der Waals surface area contributed by atoms with Gasteiger partial charge in [-0.25, -0.2) is 0 Å². The van der Waals surface area contributed by atoms with Crippen molar-refractivity contribution in [2.75, 3.05) is 32.1 Å². The van der Waals surface area contributed by atoms with Gasteiger partial charge in [0.15, 0.2) is 5.12 Å². The maximum atomic E-state index is 11.8. The number of carbonyl (C=O) groups excluding carboxylic acids is 2. The van der Waals surface area contributed by atoms with E-state index >= 15 is 0 Å². The van der Waals surface area contributed by atoms with Gasteiger partial charge in [0.25, 0.3) is 0 Å². The van der Waals surface area contributed by atoms with Gasteiger partial charge >= 0.3 is 0 Å². The molecule has 1 aliphatic heterocycles. The molecule has 0 spiro atoms. The predicted octanol–water partition coefficient (Wildman–Crippen LogP) is 1.54. The fourth-order valence-electron chi connectivity index (χ4n) is 1.92. The van der Waals surface area contributed by atoms with E-state index in [-0.39, 0.29) is 11.0 Å². The molecule has 0 bridgehead atoms. The molecular weight excluding hydrogens is 238 g/mol. The van der Waals surface area contributed by atoms with Gasteiger partial charge < -0.3 is 9.64 Å². The number of rotatable bonds is 6. The number of amides is 1. The number of thioether (sulfide) groups is 1. The number of likely N-dealkylation sites (tertiary alicyclic amines) is 1. The first kappa shape index (κ1) is 14.5. The van der Waals surface area contributed by atoms with Crippen LogP contribution in [0.5, 0.6) is 0 Å². The highest BCUT2D eigenvalue weighted by Gasteiger charge is 2.25. The van der Waals surface area contributed by atoms with Crippen molar-refractivity contribution in [3.63, 3.8) is 0 Å². The lowest BCUT2D eigenvalue weighted by Gasteiger charge is -2.16. The molecule has 1 heterocycles. The number of carbonyl (C=O) groups is 2. The van der Waals surface area contributed by atoms with Crippen LogP contribution in [0.4, 0.5) is 0 Å². The monoisotopic (exact) mass is 259 g/mol. The molecule has 0 aliphatic carbocycles. The minimum Gasteiger partial charge on any atom is -0.381 e. The van der Waals surface area contributed by atoms with Gasteiger partial charge in [0.2, 0.25) is 5.91 Å². The van der Waals surface area contributed by atoms with Gasteiger partial charge in [-0.15, -0.1) is 0 Å². The van der Waals surface area contributed by atoms with E-state index in [1.54, 1.807) is 0 Å². The second kappa shape index (κ2) is 7.71. The van der Waals surface area contributed by atoms with Crippen LogP contribution in [0.25, 0.3) is 0 Å². The zero-order chi connectivity index (χ0) is 12.7. The molecule has 1 rings (SSSR count). The maximum absolute atomic E-state index is 11.8. The minimum absolute atomic E-state index is 0.0773. The van der Waals surface area contributed by atoms with Gasteiger partial charge in [0.1, 0.15) is 0 Å². The van der Waals surface area contributed by atoms with Crippen molar-refractivity contribution in [3.8, 4) is 0 Å². The van der Waals surface area contributed by atoms with Crippen LogP contribution in [-0.2, 0) is 14.3 Å². The normalized spacial score (nSPS) is 19.6. The van der Waals surface area contributed by atoms with Crippen LogP contribution >= 0.6 is 11.8 Å². The SMILES string of the molecule is CCOC[C@@H]1CCN(C(=O)CCSC(C)=O)C1. The topological polar surface area (TPSA) is 46.6 Å². The summed E-state index contributed by atoms with van der Waals surface area (Å²) in [5.41, 5.74) is 0. The van der Waals surface area contributed by atoms with Crippen molar-refractivity contribution < 1.29 is 14.3 Å². The third kappa shape index (κ3) is 5.55. The molecule has 0 aromatic carbocycles. The van der Waals surface area contributed by atoms with Crippen LogP contribution in [0.15, 0.2) is 0 Å². The first-order valence-electron chi connectivity index (χ1n) is 6.12. The van der Waals surface area contributed by atoms with Crippen molar-refractivity contribution >= 4 is 22.8 Å². The zero-order valence-electron chi connectivity index (χ0n) is 10.6. The summed E-state index contributed by atoms with van der Waals surface area (Å²) in [5.74, 6) is 1.25. The molecular formula is C12H21NO3S. The molecule has 0 N–H and O–H groups in total. The lowest BCUT2D eigenvalue weighted by atomic mass is 10.1. The second-order valence-corrected chi connectivity index (χ2v) is 5.52. The van der Waals surface area contributed by atoms with Gasteiger partial charge in [-0.3, -0.25) is 9.59 Å². The van der Waals surface area contributed by atoms with Crippen LogP contribution in [0.2, 0.25) is 0 Å². The van der Waals surface area contributed by atoms with Crippen molar-refractivity contribution in [1.82, 2.24) is 4.90 Å². The summed E-state index contributed by atoms with van der Waals surface area (Å²) in [5, 5.41) is 0.0773. The fourth-order valence-corrected chi connectivity index (χ4v) is 2.48. The van der Waals surface area contributed by atoms with Crippen LogP contribution in [0.1, 0.15) is 26.7 Å². The van der Waals surface area contributed by atoms with E-state index in [2.05, 4.69) is 0 Å². The summed E-state index contributed by atoms with van der Waals surface area (Å²) in [6.07, 6.45) is 1.50. The molecule has 1 atom stereocenters. The molecule has 0 aromatic heterocycles. The fraction of sp³-hybridized carbons (Fsp3) is 0.833. The second-order valence-electron chi connectivity index (χ2n) is 4.24. The molecule has 1 fully saturated rings. The van der Waals surface area contributed by atoms with Gasteiger partial charge in [-0.1, -0.05) is 11.8 Å². The van der Waals surface area contributed by atoms with E-state index in [1.165, 1.54) is 18.7 Å². The maximum Gasteiger partial charge on any atom is 0.223 e. The van der Waals surface area contributed by atoms with Crippen LogP contribution in [0, 0.1) is 5.92 Å². The number of hydrogen-bond donors (Lipinski definition) is 0. The Bertz CT molecular complexity index is 270. The van der Waals surface area contributed by atoms with Crippen molar-refractivity contribution in [2.24, 2.45) is 5.92 Å². The highest BCUT2D eigenvalue weighted by molar-refractivity contribution is 8.13. The van der Waals surface area contributed by atoms with Crippen LogP contribution in [-0.4, -0.2) is 48.0 Å². The predicted molar refractivity (Wildman–Crippen MR) is 68.9 cm³/mol. The largest absolute Gasteiger partial charge is 0.381 e. The Morgan fingerprint density at radius 2 is 2.24 bits per heavy atom. The third-order valence-electron chi connectivity index (χ3n) is 2.82. The zero-order valence-corrected chi connectivity index (χ0v) is 11.4. The molecule has 0 aromatic rings. The minimum atomic E-state index is 0.0773. The first-order chi connectivity index (χ1) is 8.13. The molecule has 5 heteroatoms. The molecule has 1 aliphatic rings. The average molecular weight is 259 g/mol. The summed E-state index contributed by atoms with van der Waals surface area (Å²) in [4.78, 5) is 24.4. The smallest absolute Gasteiger partial charge is 0.223 e. The van der Waals surface area contributed by atoms with Gasteiger partial charge in [-0.2, -0.15) is 0 Å². The van der Waals surface area contributed by atoms with E-state index in [4.69, 9.17) is 4.74 Å². The lowest BCUT2D eigenvalue weighted by Crippen LogP contribution is -2.29. The van der Waals surface area contributed by atoms with Gasteiger partial charge in [-0.05, 0) is 13.3 Å². The standard InChI is InChI=1S/C12H21NO3S/c1-3-16-9-11-4-6-13(8-11)12(15)5-7-17-10(2)14/h11H,3-9H2,1-2H3/t11-/m1/s1. The summed E-state index contributed by atoms with van der Waals surface area (Å²) in [6, 6.07) is 0. The Morgan fingerprint density at radius 3 is 2.88 bits per heavy atom. The van der Waals surface area contributed by atoms with E-state index < -0.39 is 0 Å². The Kier molecular flexibility index (Phi) is 6.58. The third-order valence-corrected chi connectivity index (χ3v) is 3.63. The molecule has 0 unspecified atom stereocenters. The first-order valence-corrected chi connectivity index (χ1v) is 7.11. The molecule has 0 saturated carbocycles. The van der Waals surface area contributed by atoms with Gasteiger partial charge in [0.05, 0.1) is 6.61 Å². The van der Waals surface area contributed by atoms with Crippen LogP contribution in [0.3, 0.4) is 0 Å². The summed E-state index contributed by atoms with van der Waals surface area (Å²) >= 11 is 1.22. The molecule has 1 saturated heterocycles. The number of hydrogen-bond acceptors (Lipinski definition) is 4. The van der Waals surface area contributed by atoms with Crippen molar-refractivity contribution in [1.29, 1.82) is 0 Å². The van der Waals surface area contributed by atoms with E-state index in [1.807, 2.05) is 11.8 Å². The molecule has 4 nitrogen and oxygen atoms in total. The Labute approximate surface area is 107 Å². The Hall–Kier alpha value is -0.550. The van der Waals surface area contributed by atoms with E-state index in [0.717, 1.165) is 32.7 Å². The van der Waals surface area contributed by atoms with Crippen molar-refractivity contribution in [2.45, 2.75) is 26.7 Å². The van der Waals surface area contributed by atoms with Gasteiger partial charge in [0, 0.05) is 44.7 Å². The highest BCUT2D eigenvalue weighted by atomic mass is 32.2. The molecule has 1 amide bonds. The molecule has 98 valence electrons. The van der Waals surface area contributed by atoms with Crippen LogP contribution < -0.4 is 0 Å². The summed E-state index contributed by atoms with van der Waals surface area (Å²) in [7, 11) is 0. The van der Waals surface area contributed by atoms with E-state index in [0.29, 0.717) is 18.1 Å². The summed E-state index contributed by atoms with van der Waals surface area (Å²) in [6.45, 7) is 6.65. The van der Waals surface area contributed by atoms with Crippen molar-refractivity contribution in [3.05, 3.63) is 0 Å². The average Bonchev–Trinajstić information content (AvgIpc) is 2.74. The van der Waals surface area contributed by atoms with E-state index in [9.17, 15) is 9.59 Å². The number of nitrogens with zero attached hydrogens (tertiary/aromatic N) is 1. The Balaban J connectivity index is 2.18.